The van der Waals surface area contributed by atoms with E-state index in [0.29, 0.717) is 18.2 Å². The summed E-state index contributed by atoms with van der Waals surface area (Å²) >= 11 is 0. The lowest BCUT2D eigenvalue weighted by Crippen LogP contribution is -2.39. The van der Waals surface area contributed by atoms with E-state index in [2.05, 4.69) is 10.4 Å². The van der Waals surface area contributed by atoms with Crippen molar-refractivity contribution in [2.24, 2.45) is 5.92 Å². The molecule has 0 aliphatic carbocycles. The molecule has 19 heavy (non-hydrogen) atoms. The number of rotatable bonds is 6. The minimum absolute atomic E-state index is 0.313. The Morgan fingerprint density at radius 2 is 2.21 bits per heavy atom. The molecule has 1 amide bonds. The molecule has 1 saturated heterocycles. The van der Waals surface area contributed by atoms with Gasteiger partial charge in [-0.25, -0.2) is 0 Å². The second kappa shape index (κ2) is 7.28. The molecule has 0 radical (unpaired) electrons. The minimum Gasteiger partial charge on any atom is -0.343 e. The lowest BCUT2D eigenvalue weighted by molar-refractivity contribution is -0.132. The van der Waals surface area contributed by atoms with Gasteiger partial charge in [0.25, 0.3) is 0 Å². The van der Waals surface area contributed by atoms with Gasteiger partial charge in [0, 0.05) is 38.4 Å². The van der Waals surface area contributed by atoms with E-state index in [9.17, 15) is 4.79 Å². The van der Waals surface area contributed by atoms with Crippen molar-refractivity contribution in [3.8, 4) is 0 Å². The molecule has 1 aromatic heterocycles. The van der Waals surface area contributed by atoms with Crippen LogP contribution in [0.1, 0.15) is 25.7 Å². The maximum Gasteiger partial charge on any atom is 0.222 e. The zero-order chi connectivity index (χ0) is 13.5. The van der Waals surface area contributed by atoms with Gasteiger partial charge in [0.1, 0.15) is 0 Å². The van der Waals surface area contributed by atoms with Crippen LogP contribution in [0.2, 0.25) is 0 Å². The van der Waals surface area contributed by atoms with E-state index >= 15 is 0 Å². The van der Waals surface area contributed by atoms with E-state index in [-0.39, 0.29) is 0 Å². The van der Waals surface area contributed by atoms with Crippen molar-refractivity contribution >= 4 is 5.91 Å². The molecule has 1 aliphatic rings. The number of hydrogen-bond acceptors (Lipinski definition) is 3. The molecular weight excluding hydrogens is 240 g/mol. The third-order valence-corrected chi connectivity index (χ3v) is 3.79. The molecule has 0 aromatic carbocycles. The smallest absolute Gasteiger partial charge is 0.222 e. The Labute approximate surface area is 115 Å². The summed E-state index contributed by atoms with van der Waals surface area (Å²) in [7, 11) is 1.92. The molecule has 106 valence electrons. The summed E-state index contributed by atoms with van der Waals surface area (Å²) in [5.41, 5.74) is 0. The zero-order valence-corrected chi connectivity index (χ0v) is 11.7. The highest BCUT2D eigenvalue weighted by atomic mass is 16.2. The van der Waals surface area contributed by atoms with Gasteiger partial charge in [0.15, 0.2) is 0 Å². The number of carbonyl (C=O) groups is 1. The van der Waals surface area contributed by atoms with Crippen molar-refractivity contribution in [3.05, 3.63) is 18.5 Å². The second-order valence-corrected chi connectivity index (χ2v) is 5.26. The van der Waals surface area contributed by atoms with E-state index in [4.69, 9.17) is 0 Å². The van der Waals surface area contributed by atoms with E-state index in [1.165, 1.54) is 0 Å². The van der Waals surface area contributed by atoms with Crippen LogP contribution in [0.15, 0.2) is 18.5 Å². The zero-order valence-electron chi connectivity index (χ0n) is 11.7. The maximum atomic E-state index is 12.0. The molecule has 0 unspecified atom stereocenters. The number of nitrogens with one attached hydrogen (secondary N) is 1. The second-order valence-electron chi connectivity index (χ2n) is 5.26. The minimum atomic E-state index is 0.313. The monoisotopic (exact) mass is 264 g/mol. The van der Waals surface area contributed by atoms with Gasteiger partial charge in [0.2, 0.25) is 5.91 Å². The van der Waals surface area contributed by atoms with Crippen LogP contribution < -0.4 is 5.32 Å². The number of likely N-dealkylation sites (tertiary alicyclic amines) is 1. The highest BCUT2D eigenvalue weighted by molar-refractivity contribution is 5.76. The highest BCUT2D eigenvalue weighted by Crippen LogP contribution is 2.19. The predicted molar refractivity (Wildman–Crippen MR) is 74.7 cm³/mol. The van der Waals surface area contributed by atoms with Crippen LogP contribution in [0.3, 0.4) is 0 Å². The first-order valence-electron chi connectivity index (χ1n) is 7.19. The Morgan fingerprint density at radius 3 is 2.84 bits per heavy atom. The average molecular weight is 264 g/mol. The molecule has 5 heteroatoms. The fraction of sp³-hybridized carbons (Fsp3) is 0.714. The lowest BCUT2D eigenvalue weighted by atomic mass is 9.96. The van der Waals surface area contributed by atoms with Gasteiger partial charge in [-0.15, -0.1) is 0 Å². The summed E-state index contributed by atoms with van der Waals surface area (Å²) in [6, 6.07) is 1.96. The van der Waals surface area contributed by atoms with Crippen LogP contribution in [0, 0.1) is 5.92 Å². The first-order chi connectivity index (χ1) is 9.29. The number of amides is 1. The Bertz CT molecular complexity index is 369. The molecular formula is C14H24N4O. The Hall–Kier alpha value is -1.36. The maximum absolute atomic E-state index is 12.0. The number of carbonyl (C=O) groups excluding carboxylic acids is 1. The van der Waals surface area contributed by atoms with Crippen molar-refractivity contribution in [2.45, 2.75) is 32.2 Å². The van der Waals surface area contributed by atoms with Crippen LogP contribution in [0.25, 0.3) is 0 Å². The largest absolute Gasteiger partial charge is 0.343 e. The third-order valence-electron chi connectivity index (χ3n) is 3.79. The van der Waals surface area contributed by atoms with Gasteiger partial charge in [-0.05, 0) is 44.8 Å². The van der Waals surface area contributed by atoms with Crippen molar-refractivity contribution in [3.63, 3.8) is 0 Å². The van der Waals surface area contributed by atoms with Crippen LogP contribution in [-0.2, 0) is 11.3 Å². The number of hydrogen-bond donors (Lipinski definition) is 1. The van der Waals surface area contributed by atoms with E-state index in [1.54, 1.807) is 0 Å². The Balaban J connectivity index is 1.68. The third kappa shape index (κ3) is 4.35. The normalized spacial score (nSPS) is 16.8. The molecule has 0 bridgehead atoms. The fourth-order valence-corrected chi connectivity index (χ4v) is 2.61. The van der Waals surface area contributed by atoms with Gasteiger partial charge in [-0.1, -0.05) is 0 Å². The molecule has 2 heterocycles. The Morgan fingerprint density at radius 1 is 1.42 bits per heavy atom. The Kier molecular flexibility index (Phi) is 5.39. The molecule has 0 atom stereocenters. The van der Waals surface area contributed by atoms with Gasteiger partial charge < -0.3 is 10.2 Å². The van der Waals surface area contributed by atoms with Gasteiger partial charge in [-0.3, -0.25) is 9.48 Å². The quantitative estimate of drug-likeness (QED) is 0.783. The molecule has 0 saturated carbocycles. The standard InChI is InChI=1S/C14H24N4O/c1-15-7-2-4-14(19)17-10-5-13(6-11-17)12-18-9-3-8-16-18/h3,8-9,13,15H,2,4-7,10-12H2,1H3. The van der Waals surface area contributed by atoms with Gasteiger partial charge in [0.05, 0.1) is 0 Å². The van der Waals surface area contributed by atoms with E-state index in [0.717, 1.165) is 45.4 Å². The first kappa shape index (κ1) is 14.1. The van der Waals surface area contributed by atoms with Crippen LogP contribution >= 0.6 is 0 Å². The molecule has 5 nitrogen and oxygen atoms in total. The number of aromatic nitrogens is 2. The summed E-state index contributed by atoms with van der Waals surface area (Å²) in [4.78, 5) is 14.0. The fourth-order valence-electron chi connectivity index (χ4n) is 2.61. The van der Waals surface area contributed by atoms with Crippen LogP contribution in [0.4, 0.5) is 0 Å². The summed E-state index contributed by atoms with van der Waals surface area (Å²) in [6.45, 7) is 3.71. The van der Waals surface area contributed by atoms with Crippen molar-refractivity contribution < 1.29 is 4.79 Å². The SMILES string of the molecule is CNCCCC(=O)N1CCC(Cn2cccn2)CC1. The summed E-state index contributed by atoms with van der Waals surface area (Å²) in [6.07, 6.45) is 7.62. The molecule has 1 N–H and O–H groups in total. The summed E-state index contributed by atoms with van der Waals surface area (Å²) < 4.78 is 2.00. The van der Waals surface area contributed by atoms with E-state index in [1.807, 2.05) is 35.1 Å². The lowest BCUT2D eigenvalue weighted by Gasteiger charge is -2.32. The molecule has 1 fully saturated rings. The van der Waals surface area contributed by atoms with Crippen molar-refractivity contribution in [1.82, 2.24) is 20.0 Å². The predicted octanol–water partition coefficient (Wildman–Crippen LogP) is 1.12. The first-order valence-corrected chi connectivity index (χ1v) is 7.19. The molecule has 1 aromatic rings. The number of nitrogens with zero attached hydrogens (tertiary/aromatic N) is 3. The van der Waals surface area contributed by atoms with E-state index < -0.39 is 0 Å². The average Bonchev–Trinajstić information content (AvgIpc) is 2.93. The summed E-state index contributed by atoms with van der Waals surface area (Å²) in [5, 5.41) is 7.32. The van der Waals surface area contributed by atoms with Crippen LogP contribution in [-0.4, -0.2) is 47.3 Å². The van der Waals surface area contributed by atoms with Gasteiger partial charge >= 0.3 is 0 Å². The topological polar surface area (TPSA) is 50.2 Å². The number of piperidine rings is 1. The highest BCUT2D eigenvalue weighted by Gasteiger charge is 2.22. The van der Waals surface area contributed by atoms with Crippen LogP contribution in [0.5, 0.6) is 0 Å². The van der Waals surface area contributed by atoms with Crippen molar-refractivity contribution in [2.75, 3.05) is 26.7 Å². The molecule has 1 aliphatic heterocycles. The van der Waals surface area contributed by atoms with Gasteiger partial charge in [-0.2, -0.15) is 5.10 Å². The van der Waals surface area contributed by atoms with Crippen molar-refractivity contribution in [1.29, 1.82) is 0 Å². The molecule has 2 rings (SSSR count). The molecule has 0 spiro atoms. The summed E-state index contributed by atoms with van der Waals surface area (Å²) in [5.74, 6) is 0.967.